The van der Waals surface area contributed by atoms with Crippen LogP contribution in [0.3, 0.4) is 0 Å². The molecule has 0 saturated carbocycles. The van der Waals surface area contributed by atoms with E-state index in [0.717, 1.165) is 24.0 Å². The fourth-order valence-electron chi connectivity index (χ4n) is 4.68. The number of hydrogen-bond donors (Lipinski definition) is 2. The van der Waals surface area contributed by atoms with E-state index in [9.17, 15) is 14.7 Å². The number of aliphatic hydroxyl groups is 1. The van der Waals surface area contributed by atoms with Gasteiger partial charge in [0.2, 0.25) is 5.91 Å². The highest BCUT2D eigenvalue weighted by Gasteiger charge is 2.63. The number of hydrogen-bond acceptors (Lipinski definition) is 5. The van der Waals surface area contributed by atoms with Gasteiger partial charge in [-0.3, -0.25) is 4.79 Å². The van der Waals surface area contributed by atoms with Crippen LogP contribution in [0.25, 0.3) is 0 Å². The fourth-order valence-corrected chi connectivity index (χ4v) is 4.68. The zero-order valence-electron chi connectivity index (χ0n) is 21.4. The number of nitrogens with one attached hydrogen (secondary N) is 1. The average Bonchev–Trinajstić information content (AvgIpc) is 2.85. The molecule has 35 heavy (non-hydrogen) atoms. The van der Waals surface area contributed by atoms with Crippen molar-refractivity contribution in [2.24, 2.45) is 5.41 Å². The molecule has 1 heterocycles. The number of benzene rings is 2. The van der Waals surface area contributed by atoms with Crippen molar-refractivity contribution in [3.05, 3.63) is 65.2 Å². The number of aliphatic hydroxyl groups excluding tert-OH is 1. The van der Waals surface area contributed by atoms with Crippen LogP contribution in [0.2, 0.25) is 0 Å². The lowest BCUT2D eigenvalue weighted by Gasteiger charge is -2.53. The van der Waals surface area contributed by atoms with Crippen molar-refractivity contribution in [3.63, 3.8) is 0 Å². The van der Waals surface area contributed by atoms with E-state index in [2.05, 4.69) is 12.2 Å². The standard InChI is InChI=1S/C28H38N2O5/c1-6-9-23(20-12-10-19(4)11-13-20)29-27(33)30-25(32)28(7-2,8-3)26(30)35-22-16-14-21(15-17-22)24(31)18-34-5/h10-17,23-24,26,31H,6-9,18H2,1-5H3,(H,29,33)/t23-,24?,26+/m1/s1. The van der Waals surface area contributed by atoms with E-state index in [1.165, 1.54) is 12.0 Å². The Morgan fingerprint density at radius 3 is 2.20 bits per heavy atom. The minimum atomic E-state index is -0.754. The Hall–Kier alpha value is -2.90. The summed E-state index contributed by atoms with van der Waals surface area (Å²) in [6.45, 7) is 8.19. The first-order chi connectivity index (χ1) is 16.8. The highest BCUT2D eigenvalue weighted by molar-refractivity contribution is 6.03. The van der Waals surface area contributed by atoms with Gasteiger partial charge in [0.15, 0.2) is 6.23 Å². The maximum Gasteiger partial charge on any atom is 0.327 e. The SMILES string of the molecule is CCC[C@@H](NC(=O)N1C(=O)C(CC)(CC)[C@@H]1Oc1ccc(C(O)COC)cc1)c1ccc(C)cc1. The number of carbonyl (C=O) groups is 2. The van der Waals surface area contributed by atoms with Crippen molar-refractivity contribution in [3.8, 4) is 5.75 Å². The van der Waals surface area contributed by atoms with Gasteiger partial charge in [-0.1, -0.05) is 69.2 Å². The number of aryl methyl sites for hydroxylation is 1. The Bertz CT molecular complexity index is 985. The summed E-state index contributed by atoms with van der Waals surface area (Å²) in [4.78, 5) is 27.8. The van der Waals surface area contributed by atoms with E-state index >= 15 is 0 Å². The van der Waals surface area contributed by atoms with Crippen molar-refractivity contribution < 1.29 is 24.2 Å². The van der Waals surface area contributed by atoms with Gasteiger partial charge < -0.3 is 19.9 Å². The third-order valence-corrected chi connectivity index (χ3v) is 7.02. The molecule has 7 heteroatoms. The van der Waals surface area contributed by atoms with Gasteiger partial charge in [-0.2, -0.15) is 0 Å². The van der Waals surface area contributed by atoms with Crippen LogP contribution in [0.1, 0.15) is 75.3 Å². The molecule has 7 nitrogen and oxygen atoms in total. The van der Waals surface area contributed by atoms with E-state index in [1.54, 1.807) is 24.3 Å². The Balaban J connectivity index is 1.80. The first-order valence-electron chi connectivity index (χ1n) is 12.5. The Kier molecular flexibility index (Phi) is 8.92. The summed E-state index contributed by atoms with van der Waals surface area (Å²) in [7, 11) is 1.53. The molecule has 1 aliphatic rings. The van der Waals surface area contributed by atoms with Gasteiger partial charge in [-0.05, 0) is 49.4 Å². The number of carbonyl (C=O) groups excluding carboxylic acids is 2. The molecule has 3 atom stereocenters. The first-order valence-corrected chi connectivity index (χ1v) is 12.5. The summed E-state index contributed by atoms with van der Waals surface area (Å²) in [6.07, 6.45) is 1.35. The zero-order chi connectivity index (χ0) is 25.6. The Morgan fingerprint density at radius 2 is 1.66 bits per heavy atom. The van der Waals surface area contributed by atoms with Crippen molar-refractivity contribution in [1.29, 1.82) is 0 Å². The van der Waals surface area contributed by atoms with Crippen LogP contribution in [0, 0.1) is 12.3 Å². The molecular weight excluding hydrogens is 444 g/mol. The molecule has 0 aliphatic carbocycles. The second-order valence-corrected chi connectivity index (χ2v) is 9.25. The third kappa shape index (κ3) is 5.52. The first kappa shape index (κ1) is 26.7. The molecule has 0 spiro atoms. The van der Waals surface area contributed by atoms with E-state index in [1.807, 2.05) is 45.0 Å². The van der Waals surface area contributed by atoms with Gasteiger partial charge in [-0.15, -0.1) is 0 Å². The van der Waals surface area contributed by atoms with Crippen LogP contribution >= 0.6 is 0 Å². The second kappa shape index (κ2) is 11.7. The third-order valence-electron chi connectivity index (χ3n) is 7.02. The molecule has 2 aromatic carbocycles. The van der Waals surface area contributed by atoms with Crippen LogP contribution in [0.5, 0.6) is 5.75 Å². The molecule has 1 aliphatic heterocycles. The summed E-state index contributed by atoms with van der Waals surface area (Å²) in [5.74, 6) is 0.319. The summed E-state index contributed by atoms with van der Waals surface area (Å²) >= 11 is 0. The van der Waals surface area contributed by atoms with Crippen LogP contribution < -0.4 is 10.1 Å². The predicted octanol–water partition coefficient (Wildman–Crippen LogP) is 5.28. The fraction of sp³-hybridized carbons (Fsp3) is 0.500. The number of rotatable bonds is 11. The average molecular weight is 483 g/mol. The molecule has 1 saturated heterocycles. The number of β-lactam (4-membered cyclic amide) rings is 1. The van der Waals surface area contributed by atoms with Crippen LogP contribution in [0.15, 0.2) is 48.5 Å². The van der Waals surface area contributed by atoms with Gasteiger partial charge in [-0.25, -0.2) is 9.69 Å². The topological polar surface area (TPSA) is 88.1 Å². The van der Waals surface area contributed by atoms with E-state index in [-0.39, 0.29) is 18.6 Å². The molecule has 2 N–H and O–H groups in total. The van der Waals surface area contributed by atoms with Gasteiger partial charge in [0.1, 0.15) is 17.3 Å². The number of likely N-dealkylation sites (tertiary alicyclic amines) is 1. The molecule has 3 rings (SSSR count). The highest BCUT2D eigenvalue weighted by Crippen LogP contribution is 2.46. The number of imide groups is 1. The van der Waals surface area contributed by atoms with Gasteiger partial charge in [0.25, 0.3) is 0 Å². The maximum atomic E-state index is 13.4. The second-order valence-electron chi connectivity index (χ2n) is 9.25. The molecule has 2 aromatic rings. The van der Waals surface area contributed by atoms with Gasteiger partial charge in [0.05, 0.1) is 12.6 Å². The lowest BCUT2D eigenvalue weighted by atomic mass is 9.72. The normalized spacial score (nSPS) is 18.5. The van der Waals surface area contributed by atoms with Crippen molar-refractivity contribution >= 4 is 11.9 Å². The Labute approximate surface area is 208 Å². The summed E-state index contributed by atoms with van der Waals surface area (Å²) in [5.41, 5.74) is 2.11. The molecule has 1 fully saturated rings. The minimum absolute atomic E-state index is 0.193. The summed E-state index contributed by atoms with van der Waals surface area (Å²) < 4.78 is 11.2. The number of nitrogens with zero attached hydrogens (tertiary/aromatic N) is 1. The number of urea groups is 1. The summed E-state index contributed by atoms with van der Waals surface area (Å²) in [6, 6.07) is 14.5. The van der Waals surface area contributed by atoms with Crippen LogP contribution in [-0.2, 0) is 9.53 Å². The smallest absolute Gasteiger partial charge is 0.327 e. The molecule has 1 unspecified atom stereocenters. The molecule has 190 valence electrons. The van der Waals surface area contributed by atoms with Crippen molar-refractivity contribution in [2.75, 3.05) is 13.7 Å². The molecule has 0 bridgehead atoms. The van der Waals surface area contributed by atoms with Gasteiger partial charge >= 0.3 is 6.03 Å². The monoisotopic (exact) mass is 482 g/mol. The maximum absolute atomic E-state index is 13.4. The number of ether oxygens (including phenoxy) is 2. The van der Waals surface area contributed by atoms with E-state index in [0.29, 0.717) is 24.2 Å². The van der Waals surface area contributed by atoms with Crippen LogP contribution in [0.4, 0.5) is 4.79 Å². The van der Waals surface area contributed by atoms with Crippen molar-refractivity contribution in [2.45, 2.75) is 71.8 Å². The molecule has 3 amide bonds. The zero-order valence-corrected chi connectivity index (χ0v) is 21.4. The van der Waals surface area contributed by atoms with E-state index in [4.69, 9.17) is 9.47 Å². The highest BCUT2D eigenvalue weighted by atomic mass is 16.5. The van der Waals surface area contributed by atoms with Gasteiger partial charge in [0, 0.05) is 7.11 Å². The van der Waals surface area contributed by atoms with E-state index < -0.39 is 23.8 Å². The minimum Gasteiger partial charge on any atom is -0.469 e. The lowest BCUT2D eigenvalue weighted by molar-refractivity contribution is -0.191. The largest absolute Gasteiger partial charge is 0.469 e. The number of methoxy groups -OCH3 is 1. The quantitative estimate of drug-likeness (QED) is 0.426. The number of amides is 3. The summed E-state index contributed by atoms with van der Waals surface area (Å²) in [5, 5.41) is 13.2. The molecular formula is C28H38N2O5. The predicted molar refractivity (Wildman–Crippen MR) is 135 cm³/mol. The molecule has 0 aromatic heterocycles. The molecule has 0 radical (unpaired) electrons. The van der Waals surface area contributed by atoms with Crippen molar-refractivity contribution in [1.82, 2.24) is 10.2 Å². The lowest BCUT2D eigenvalue weighted by Crippen LogP contribution is -2.73. The van der Waals surface area contributed by atoms with Crippen LogP contribution in [-0.4, -0.2) is 41.9 Å². The Morgan fingerprint density at radius 1 is 1.06 bits per heavy atom.